The number of nitrogens with zero attached hydrogens (tertiary/aromatic N) is 4. The third kappa shape index (κ3) is 3.73. The van der Waals surface area contributed by atoms with Crippen LogP contribution in [0.15, 0.2) is 43.1 Å². The smallest absolute Gasteiger partial charge is 0.274 e. The predicted octanol–water partition coefficient (Wildman–Crippen LogP) is 1.85. The van der Waals surface area contributed by atoms with E-state index in [0.29, 0.717) is 32.0 Å². The number of ether oxygens (including phenoxy) is 2. The van der Waals surface area contributed by atoms with E-state index in [1.54, 1.807) is 24.8 Å². The van der Waals surface area contributed by atoms with Crippen molar-refractivity contribution in [3.8, 4) is 0 Å². The molecule has 26 heavy (non-hydrogen) atoms. The summed E-state index contributed by atoms with van der Waals surface area (Å²) in [7, 11) is 0. The number of hydrogen-bond donors (Lipinski definition) is 0. The number of hydrogen-bond acceptors (Lipinski definition) is 6. The van der Waals surface area contributed by atoms with Gasteiger partial charge in [-0.3, -0.25) is 14.8 Å². The molecule has 0 aromatic carbocycles. The Morgan fingerprint density at radius 2 is 2.00 bits per heavy atom. The van der Waals surface area contributed by atoms with Crippen molar-refractivity contribution >= 4 is 5.91 Å². The molecule has 136 valence electrons. The highest BCUT2D eigenvalue weighted by Crippen LogP contribution is 2.37. The van der Waals surface area contributed by atoms with Crippen molar-refractivity contribution in [3.05, 3.63) is 54.4 Å². The molecular weight excluding hydrogens is 332 g/mol. The zero-order valence-corrected chi connectivity index (χ0v) is 14.6. The Kier molecular flexibility index (Phi) is 4.90. The van der Waals surface area contributed by atoms with Crippen LogP contribution in [0, 0.1) is 0 Å². The number of amides is 1. The summed E-state index contributed by atoms with van der Waals surface area (Å²) < 4.78 is 12.1. The molecule has 2 aliphatic heterocycles. The van der Waals surface area contributed by atoms with Crippen molar-refractivity contribution in [1.29, 1.82) is 0 Å². The summed E-state index contributed by atoms with van der Waals surface area (Å²) in [5, 5.41) is 0. The van der Waals surface area contributed by atoms with E-state index >= 15 is 0 Å². The topological polar surface area (TPSA) is 77.4 Å². The summed E-state index contributed by atoms with van der Waals surface area (Å²) in [6, 6.07) is 3.92. The molecule has 2 fully saturated rings. The van der Waals surface area contributed by atoms with E-state index < -0.39 is 0 Å². The van der Waals surface area contributed by atoms with E-state index in [4.69, 9.17) is 9.47 Å². The van der Waals surface area contributed by atoms with E-state index in [1.165, 1.54) is 6.20 Å². The van der Waals surface area contributed by atoms with Crippen LogP contribution in [-0.4, -0.2) is 57.2 Å². The van der Waals surface area contributed by atoms with Crippen LogP contribution in [0.4, 0.5) is 0 Å². The fourth-order valence-electron chi connectivity index (χ4n) is 3.64. The lowest BCUT2D eigenvalue weighted by Crippen LogP contribution is -2.46. The molecule has 2 saturated heterocycles. The van der Waals surface area contributed by atoms with Crippen LogP contribution in [0.1, 0.15) is 35.3 Å². The highest BCUT2D eigenvalue weighted by molar-refractivity contribution is 5.92. The van der Waals surface area contributed by atoms with Crippen LogP contribution < -0.4 is 0 Å². The minimum atomic E-state index is -0.165. The van der Waals surface area contributed by atoms with E-state index in [0.717, 1.165) is 24.8 Å². The minimum Gasteiger partial charge on any atom is -0.372 e. The molecule has 1 amide bonds. The molecule has 2 aliphatic rings. The standard InChI is InChI=1S/C19H22N4O3/c24-18(17-12-21-7-8-22-17)23-9-3-19(4-10-23)11-16(14-26-19)25-13-15-1-5-20-6-2-15/h1-2,5-8,12,16H,3-4,9-11,13-14H2/t16-/m0/s1. The molecule has 0 saturated carbocycles. The quantitative estimate of drug-likeness (QED) is 0.834. The first-order valence-electron chi connectivity index (χ1n) is 8.94. The molecule has 4 rings (SSSR count). The van der Waals surface area contributed by atoms with Crippen LogP contribution in [0.2, 0.25) is 0 Å². The van der Waals surface area contributed by atoms with Gasteiger partial charge in [0, 0.05) is 44.3 Å². The van der Waals surface area contributed by atoms with Crippen molar-refractivity contribution < 1.29 is 14.3 Å². The first kappa shape index (κ1) is 17.1. The molecule has 2 aromatic rings. The zero-order valence-electron chi connectivity index (χ0n) is 14.6. The van der Waals surface area contributed by atoms with Gasteiger partial charge in [0.25, 0.3) is 5.91 Å². The number of carbonyl (C=O) groups is 1. The second-order valence-electron chi connectivity index (χ2n) is 6.87. The number of likely N-dealkylation sites (tertiary alicyclic amines) is 1. The third-order valence-electron chi connectivity index (χ3n) is 5.15. The van der Waals surface area contributed by atoms with E-state index in [9.17, 15) is 4.79 Å². The lowest BCUT2D eigenvalue weighted by atomic mass is 9.88. The van der Waals surface area contributed by atoms with Crippen LogP contribution in [0.5, 0.6) is 0 Å². The Morgan fingerprint density at radius 1 is 1.19 bits per heavy atom. The maximum Gasteiger partial charge on any atom is 0.274 e. The number of rotatable bonds is 4. The van der Waals surface area contributed by atoms with Gasteiger partial charge in [0.2, 0.25) is 0 Å². The Hall–Kier alpha value is -2.38. The van der Waals surface area contributed by atoms with Gasteiger partial charge in [0.1, 0.15) is 5.69 Å². The van der Waals surface area contributed by atoms with Gasteiger partial charge in [0.05, 0.1) is 31.1 Å². The molecule has 0 radical (unpaired) electrons. The molecule has 7 nitrogen and oxygen atoms in total. The van der Waals surface area contributed by atoms with Crippen molar-refractivity contribution in [1.82, 2.24) is 19.9 Å². The van der Waals surface area contributed by atoms with E-state index in [-0.39, 0.29) is 17.6 Å². The normalized spacial score (nSPS) is 21.8. The van der Waals surface area contributed by atoms with Crippen molar-refractivity contribution in [2.75, 3.05) is 19.7 Å². The number of aromatic nitrogens is 3. The Labute approximate surface area is 152 Å². The first-order chi connectivity index (χ1) is 12.7. The van der Waals surface area contributed by atoms with Crippen molar-refractivity contribution in [3.63, 3.8) is 0 Å². The molecule has 7 heteroatoms. The average Bonchev–Trinajstić information content (AvgIpc) is 3.10. The Balaban J connectivity index is 1.28. The fraction of sp³-hybridized carbons (Fsp3) is 0.474. The molecule has 4 heterocycles. The summed E-state index contributed by atoms with van der Waals surface area (Å²) in [6.45, 7) is 2.53. The van der Waals surface area contributed by atoms with Gasteiger partial charge in [-0.05, 0) is 30.5 Å². The summed E-state index contributed by atoms with van der Waals surface area (Å²) >= 11 is 0. The molecule has 1 atom stereocenters. The van der Waals surface area contributed by atoms with Gasteiger partial charge in [-0.15, -0.1) is 0 Å². The van der Waals surface area contributed by atoms with Gasteiger partial charge >= 0.3 is 0 Å². The largest absolute Gasteiger partial charge is 0.372 e. The second kappa shape index (κ2) is 7.47. The van der Waals surface area contributed by atoms with Gasteiger partial charge in [-0.2, -0.15) is 0 Å². The molecular formula is C19H22N4O3. The molecule has 0 bridgehead atoms. The fourth-order valence-corrected chi connectivity index (χ4v) is 3.64. The van der Waals surface area contributed by atoms with Crippen LogP contribution in [-0.2, 0) is 16.1 Å². The first-order valence-corrected chi connectivity index (χ1v) is 8.94. The lowest BCUT2D eigenvalue weighted by Gasteiger charge is -2.38. The van der Waals surface area contributed by atoms with E-state index in [1.807, 2.05) is 17.0 Å². The maximum absolute atomic E-state index is 12.5. The van der Waals surface area contributed by atoms with Crippen molar-refractivity contribution in [2.24, 2.45) is 0 Å². The number of pyridine rings is 1. The van der Waals surface area contributed by atoms with Gasteiger partial charge < -0.3 is 14.4 Å². The molecule has 2 aromatic heterocycles. The number of carbonyl (C=O) groups excluding carboxylic acids is 1. The van der Waals surface area contributed by atoms with Gasteiger partial charge in [-0.1, -0.05) is 0 Å². The average molecular weight is 354 g/mol. The highest BCUT2D eigenvalue weighted by atomic mass is 16.6. The number of piperidine rings is 1. The Bertz CT molecular complexity index is 733. The van der Waals surface area contributed by atoms with Crippen molar-refractivity contribution in [2.45, 2.75) is 37.6 Å². The monoisotopic (exact) mass is 354 g/mol. The predicted molar refractivity (Wildman–Crippen MR) is 93.3 cm³/mol. The summed E-state index contributed by atoms with van der Waals surface area (Å²) in [4.78, 5) is 26.4. The Morgan fingerprint density at radius 3 is 2.73 bits per heavy atom. The summed E-state index contributed by atoms with van der Waals surface area (Å²) in [5.74, 6) is -0.0589. The second-order valence-corrected chi connectivity index (χ2v) is 6.87. The third-order valence-corrected chi connectivity index (χ3v) is 5.15. The van der Waals surface area contributed by atoms with Crippen LogP contribution >= 0.6 is 0 Å². The maximum atomic E-state index is 12.5. The SMILES string of the molecule is O=C(c1cnccn1)N1CCC2(CC1)C[C@H](OCc1ccncc1)CO2. The minimum absolute atomic E-state index is 0.0589. The molecule has 0 aliphatic carbocycles. The summed E-state index contributed by atoms with van der Waals surface area (Å²) in [5.41, 5.74) is 1.35. The molecule has 0 N–H and O–H groups in total. The highest BCUT2D eigenvalue weighted by Gasteiger charge is 2.44. The van der Waals surface area contributed by atoms with Crippen LogP contribution in [0.25, 0.3) is 0 Å². The zero-order chi connectivity index (χ0) is 17.8. The van der Waals surface area contributed by atoms with Gasteiger partial charge in [-0.25, -0.2) is 4.98 Å². The summed E-state index contributed by atoms with van der Waals surface area (Å²) in [6.07, 6.45) is 10.8. The molecule has 0 unspecified atom stereocenters. The lowest BCUT2D eigenvalue weighted by molar-refractivity contribution is -0.0413. The molecule has 1 spiro atoms. The van der Waals surface area contributed by atoms with Crippen LogP contribution in [0.3, 0.4) is 0 Å². The van der Waals surface area contributed by atoms with E-state index in [2.05, 4.69) is 15.0 Å². The van der Waals surface area contributed by atoms with Gasteiger partial charge in [0.15, 0.2) is 0 Å².